The minimum atomic E-state index is -0.0119. The van der Waals surface area contributed by atoms with Gasteiger partial charge in [0.15, 0.2) is 0 Å². The molecule has 94 valence electrons. The van der Waals surface area contributed by atoms with Crippen LogP contribution < -0.4 is 0 Å². The van der Waals surface area contributed by atoms with Crippen LogP contribution in [0.3, 0.4) is 0 Å². The van der Waals surface area contributed by atoms with Gasteiger partial charge in [-0.1, -0.05) is 39.5 Å². The third-order valence-corrected chi connectivity index (χ3v) is 3.91. The van der Waals surface area contributed by atoms with Gasteiger partial charge in [0.05, 0.1) is 0 Å². The summed E-state index contributed by atoms with van der Waals surface area (Å²) in [6.45, 7) is 7.66. The summed E-state index contributed by atoms with van der Waals surface area (Å²) in [6.07, 6.45) is 9.76. The van der Waals surface area contributed by atoms with Crippen LogP contribution in [-0.4, -0.2) is 30.8 Å². The minimum absolute atomic E-state index is 0.0119. The van der Waals surface area contributed by atoms with E-state index in [0.29, 0.717) is 0 Å². The molecule has 0 bridgehead atoms. The van der Waals surface area contributed by atoms with Crippen molar-refractivity contribution in [2.24, 2.45) is 5.41 Å². The summed E-state index contributed by atoms with van der Waals surface area (Å²) in [6, 6.07) is 0. The average Bonchev–Trinajstić information content (AvgIpc) is 2.35. The van der Waals surface area contributed by atoms with Gasteiger partial charge in [-0.2, -0.15) is 0 Å². The maximum absolute atomic E-state index is 11.4. The Bertz CT molecular complexity index is 197. The Morgan fingerprint density at radius 2 is 1.88 bits per heavy atom. The van der Waals surface area contributed by atoms with Crippen molar-refractivity contribution in [3.05, 3.63) is 0 Å². The number of nitrogens with zero attached hydrogens (tertiary/aromatic N) is 1. The highest BCUT2D eigenvalue weighted by molar-refractivity contribution is 5.60. The van der Waals surface area contributed by atoms with Crippen molar-refractivity contribution in [3.63, 3.8) is 0 Å². The number of carbonyl (C=O) groups excluding carboxylic acids is 1. The molecule has 1 aliphatic carbocycles. The molecular formula is C14H27NO. The van der Waals surface area contributed by atoms with E-state index < -0.39 is 0 Å². The number of rotatable bonds is 7. The monoisotopic (exact) mass is 225 g/mol. The van der Waals surface area contributed by atoms with Crippen LogP contribution in [0, 0.1) is 5.41 Å². The van der Waals surface area contributed by atoms with E-state index in [4.69, 9.17) is 0 Å². The van der Waals surface area contributed by atoms with Gasteiger partial charge in [0.25, 0.3) is 0 Å². The lowest BCUT2D eigenvalue weighted by Crippen LogP contribution is -2.40. The third-order valence-electron chi connectivity index (χ3n) is 3.91. The van der Waals surface area contributed by atoms with Gasteiger partial charge in [-0.05, 0) is 32.4 Å². The SMILES string of the molecule is CCCCN(CC)CC1(C=O)CCCCC1. The van der Waals surface area contributed by atoms with E-state index in [1.165, 1.54) is 38.4 Å². The molecule has 0 radical (unpaired) electrons. The lowest BCUT2D eigenvalue weighted by molar-refractivity contribution is -0.119. The number of carbonyl (C=O) groups is 1. The molecule has 0 aromatic rings. The molecule has 1 saturated carbocycles. The highest BCUT2D eigenvalue weighted by Crippen LogP contribution is 2.35. The fraction of sp³-hybridized carbons (Fsp3) is 0.929. The third kappa shape index (κ3) is 3.89. The maximum atomic E-state index is 11.4. The van der Waals surface area contributed by atoms with Gasteiger partial charge in [-0.3, -0.25) is 0 Å². The molecule has 0 unspecified atom stereocenters. The summed E-state index contributed by atoms with van der Waals surface area (Å²) in [5.41, 5.74) is -0.0119. The lowest BCUT2D eigenvalue weighted by atomic mass is 9.75. The van der Waals surface area contributed by atoms with Crippen molar-refractivity contribution in [2.45, 2.75) is 58.8 Å². The van der Waals surface area contributed by atoms with E-state index in [-0.39, 0.29) is 5.41 Å². The molecular weight excluding hydrogens is 198 g/mol. The first-order valence-corrected chi connectivity index (χ1v) is 6.95. The second-order valence-corrected chi connectivity index (χ2v) is 5.26. The Morgan fingerprint density at radius 3 is 2.38 bits per heavy atom. The van der Waals surface area contributed by atoms with Crippen LogP contribution in [-0.2, 0) is 4.79 Å². The minimum Gasteiger partial charge on any atom is -0.303 e. The van der Waals surface area contributed by atoms with Crippen LogP contribution in [0.15, 0.2) is 0 Å². The van der Waals surface area contributed by atoms with Gasteiger partial charge in [0.1, 0.15) is 6.29 Å². The van der Waals surface area contributed by atoms with Crippen molar-refractivity contribution in [2.75, 3.05) is 19.6 Å². The molecule has 0 atom stereocenters. The van der Waals surface area contributed by atoms with Crippen molar-refractivity contribution in [1.82, 2.24) is 4.90 Å². The topological polar surface area (TPSA) is 20.3 Å². The Morgan fingerprint density at radius 1 is 1.19 bits per heavy atom. The number of unbranched alkanes of at least 4 members (excludes halogenated alkanes) is 1. The molecule has 16 heavy (non-hydrogen) atoms. The molecule has 2 heteroatoms. The van der Waals surface area contributed by atoms with Crippen LogP contribution in [0.1, 0.15) is 58.8 Å². The Kier molecular flexibility index (Phi) is 6.04. The molecule has 0 saturated heterocycles. The molecule has 2 nitrogen and oxygen atoms in total. The van der Waals surface area contributed by atoms with Gasteiger partial charge in [0, 0.05) is 12.0 Å². The van der Waals surface area contributed by atoms with E-state index in [9.17, 15) is 4.79 Å². The van der Waals surface area contributed by atoms with E-state index in [1.807, 2.05) is 0 Å². The maximum Gasteiger partial charge on any atom is 0.127 e. The molecule has 0 heterocycles. The zero-order chi connectivity index (χ0) is 11.9. The standard InChI is InChI=1S/C14H27NO/c1-3-5-11-15(4-2)12-14(13-16)9-7-6-8-10-14/h13H,3-12H2,1-2H3. The number of hydrogen-bond acceptors (Lipinski definition) is 2. The summed E-state index contributed by atoms with van der Waals surface area (Å²) < 4.78 is 0. The summed E-state index contributed by atoms with van der Waals surface area (Å²) in [4.78, 5) is 13.8. The average molecular weight is 225 g/mol. The van der Waals surface area contributed by atoms with Crippen LogP contribution >= 0.6 is 0 Å². The molecule has 0 aromatic carbocycles. The van der Waals surface area contributed by atoms with Crippen molar-refractivity contribution < 1.29 is 4.79 Å². The largest absolute Gasteiger partial charge is 0.303 e. The molecule has 1 fully saturated rings. The summed E-state index contributed by atoms with van der Waals surface area (Å²) >= 11 is 0. The summed E-state index contributed by atoms with van der Waals surface area (Å²) in [5, 5.41) is 0. The van der Waals surface area contributed by atoms with Gasteiger partial charge in [-0.15, -0.1) is 0 Å². The van der Waals surface area contributed by atoms with E-state index in [2.05, 4.69) is 18.7 Å². The lowest BCUT2D eigenvalue weighted by Gasteiger charge is -2.36. The first-order chi connectivity index (χ1) is 7.76. The zero-order valence-corrected chi connectivity index (χ0v) is 11.0. The van der Waals surface area contributed by atoms with Crippen LogP contribution in [0.25, 0.3) is 0 Å². The second-order valence-electron chi connectivity index (χ2n) is 5.26. The molecule has 0 N–H and O–H groups in total. The highest BCUT2D eigenvalue weighted by atomic mass is 16.1. The van der Waals surface area contributed by atoms with Crippen LogP contribution in [0.4, 0.5) is 0 Å². The number of aldehydes is 1. The number of hydrogen-bond donors (Lipinski definition) is 0. The van der Waals surface area contributed by atoms with E-state index in [0.717, 1.165) is 32.5 Å². The van der Waals surface area contributed by atoms with Crippen LogP contribution in [0.5, 0.6) is 0 Å². The van der Waals surface area contributed by atoms with E-state index in [1.54, 1.807) is 0 Å². The zero-order valence-electron chi connectivity index (χ0n) is 11.0. The highest BCUT2D eigenvalue weighted by Gasteiger charge is 2.33. The van der Waals surface area contributed by atoms with Gasteiger partial charge in [0.2, 0.25) is 0 Å². The molecule has 1 rings (SSSR count). The smallest absolute Gasteiger partial charge is 0.127 e. The Hall–Kier alpha value is -0.370. The normalized spacial score (nSPS) is 19.9. The van der Waals surface area contributed by atoms with Crippen molar-refractivity contribution >= 4 is 6.29 Å². The molecule has 0 aromatic heterocycles. The molecule has 0 aliphatic heterocycles. The van der Waals surface area contributed by atoms with E-state index >= 15 is 0 Å². The predicted octanol–water partition coefficient (Wildman–Crippen LogP) is 3.26. The molecule has 0 spiro atoms. The first kappa shape index (κ1) is 13.7. The Labute approximate surface area is 100 Å². The first-order valence-electron chi connectivity index (χ1n) is 6.95. The predicted molar refractivity (Wildman–Crippen MR) is 68.6 cm³/mol. The van der Waals surface area contributed by atoms with Crippen molar-refractivity contribution in [1.29, 1.82) is 0 Å². The van der Waals surface area contributed by atoms with Gasteiger partial charge < -0.3 is 9.69 Å². The summed E-state index contributed by atoms with van der Waals surface area (Å²) in [7, 11) is 0. The quantitative estimate of drug-likeness (QED) is 0.620. The molecule has 1 aliphatic rings. The second kappa shape index (κ2) is 7.05. The Balaban J connectivity index is 2.48. The van der Waals surface area contributed by atoms with Gasteiger partial charge >= 0.3 is 0 Å². The van der Waals surface area contributed by atoms with Gasteiger partial charge in [-0.25, -0.2) is 0 Å². The fourth-order valence-electron chi connectivity index (χ4n) is 2.75. The van der Waals surface area contributed by atoms with Crippen molar-refractivity contribution in [3.8, 4) is 0 Å². The summed E-state index contributed by atoms with van der Waals surface area (Å²) in [5.74, 6) is 0. The fourth-order valence-corrected chi connectivity index (χ4v) is 2.75. The molecule has 0 amide bonds. The van der Waals surface area contributed by atoms with Crippen LogP contribution in [0.2, 0.25) is 0 Å².